The number of hydrogen-bond donors (Lipinski definition) is 0. The van der Waals surface area contributed by atoms with Gasteiger partial charge in [-0.15, -0.1) is 0 Å². The van der Waals surface area contributed by atoms with E-state index < -0.39 is 0 Å². The van der Waals surface area contributed by atoms with Crippen LogP contribution in [0.4, 0.5) is 0 Å². The Morgan fingerprint density at radius 3 is 1.95 bits per heavy atom. The standard InChI is InChI=1S/C19H22/c1-15(2)19(3,4)14-16-10-12-18(13-11-16)17-8-6-5-7-9-17/h5-13H,1,14H2,2-4H3. The minimum atomic E-state index is 0.161. The fourth-order valence-electron chi connectivity index (χ4n) is 2.11. The van der Waals surface area contributed by atoms with E-state index in [1.54, 1.807) is 0 Å². The molecule has 0 unspecified atom stereocenters. The number of benzene rings is 2. The van der Waals surface area contributed by atoms with Crippen LogP contribution in [0.2, 0.25) is 0 Å². The fourth-order valence-corrected chi connectivity index (χ4v) is 2.11. The number of hydrogen-bond acceptors (Lipinski definition) is 0. The smallest absolute Gasteiger partial charge is 0.0110 e. The second-order valence-electron chi connectivity index (χ2n) is 5.90. The predicted octanol–water partition coefficient (Wildman–Crippen LogP) is 5.50. The lowest BCUT2D eigenvalue weighted by Gasteiger charge is -2.25. The average Bonchev–Trinajstić information content (AvgIpc) is 2.40. The van der Waals surface area contributed by atoms with E-state index in [1.165, 1.54) is 22.3 Å². The number of allylic oxidation sites excluding steroid dienone is 1. The zero-order valence-electron chi connectivity index (χ0n) is 12.1. The molecule has 0 amide bonds. The highest BCUT2D eigenvalue weighted by Crippen LogP contribution is 2.30. The largest absolute Gasteiger partial charge is 0.0996 e. The summed E-state index contributed by atoms with van der Waals surface area (Å²) in [6.45, 7) is 10.7. The van der Waals surface area contributed by atoms with Crippen LogP contribution in [0.15, 0.2) is 66.7 Å². The van der Waals surface area contributed by atoms with E-state index in [2.05, 4.69) is 75.9 Å². The van der Waals surface area contributed by atoms with Crippen LogP contribution >= 0.6 is 0 Å². The SMILES string of the molecule is C=C(C)C(C)(C)Cc1ccc(-c2ccccc2)cc1. The maximum absolute atomic E-state index is 4.09. The summed E-state index contributed by atoms with van der Waals surface area (Å²) in [6, 6.07) is 19.4. The fraction of sp³-hybridized carbons (Fsp3) is 0.263. The Morgan fingerprint density at radius 1 is 0.895 bits per heavy atom. The van der Waals surface area contributed by atoms with E-state index >= 15 is 0 Å². The van der Waals surface area contributed by atoms with Gasteiger partial charge in [0.15, 0.2) is 0 Å². The van der Waals surface area contributed by atoms with E-state index in [9.17, 15) is 0 Å². The van der Waals surface area contributed by atoms with Crippen molar-refractivity contribution in [1.29, 1.82) is 0 Å². The molecule has 0 spiro atoms. The van der Waals surface area contributed by atoms with Gasteiger partial charge in [0, 0.05) is 0 Å². The summed E-state index contributed by atoms with van der Waals surface area (Å²) in [5.41, 5.74) is 5.31. The van der Waals surface area contributed by atoms with Crippen LogP contribution in [-0.2, 0) is 6.42 Å². The molecule has 0 fully saturated rings. The van der Waals surface area contributed by atoms with Crippen molar-refractivity contribution in [3.05, 3.63) is 72.3 Å². The molecule has 0 aliphatic rings. The average molecular weight is 250 g/mol. The van der Waals surface area contributed by atoms with E-state index in [4.69, 9.17) is 0 Å². The van der Waals surface area contributed by atoms with Gasteiger partial charge in [0.25, 0.3) is 0 Å². The Balaban J connectivity index is 2.18. The maximum Gasteiger partial charge on any atom is -0.0110 e. The highest BCUT2D eigenvalue weighted by molar-refractivity contribution is 5.63. The van der Waals surface area contributed by atoms with Gasteiger partial charge in [-0.25, -0.2) is 0 Å². The minimum Gasteiger partial charge on any atom is -0.0996 e. The van der Waals surface area contributed by atoms with Gasteiger partial charge in [0.05, 0.1) is 0 Å². The van der Waals surface area contributed by atoms with Gasteiger partial charge in [-0.3, -0.25) is 0 Å². The maximum atomic E-state index is 4.09. The van der Waals surface area contributed by atoms with E-state index in [-0.39, 0.29) is 5.41 Å². The molecule has 19 heavy (non-hydrogen) atoms. The minimum absolute atomic E-state index is 0.161. The van der Waals surface area contributed by atoms with Crippen molar-refractivity contribution in [1.82, 2.24) is 0 Å². The zero-order valence-corrected chi connectivity index (χ0v) is 12.1. The number of rotatable bonds is 4. The van der Waals surface area contributed by atoms with Crippen LogP contribution in [0.1, 0.15) is 26.3 Å². The van der Waals surface area contributed by atoms with Crippen molar-refractivity contribution < 1.29 is 0 Å². The van der Waals surface area contributed by atoms with E-state index in [0.717, 1.165) is 6.42 Å². The topological polar surface area (TPSA) is 0 Å². The second-order valence-corrected chi connectivity index (χ2v) is 5.90. The van der Waals surface area contributed by atoms with Gasteiger partial charge in [0.1, 0.15) is 0 Å². The van der Waals surface area contributed by atoms with Crippen molar-refractivity contribution in [2.75, 3.05) is 0 Å². The first-order valence-electron chi connectivity index (χ1n) is 6.79. The Bertz CT molecular complexity index is 544. The third-order valence-corrected chi connectivity index (χ3v) is 3.86. The lowest BCUT2D eigenvalue weighted by molar-refractivity contribution is 0.445. The zero-order chi connectivity index (χ0) is 13.9. The molecule has 0 radical (unpaired) electrons. The van der Waals surface area contributed by atoms with Gasteiger partial charge in [0.2, 0.25) is 0 Å². The van der Waals surface area contributed by atoms with Gasteiger partial charge in [-0.05, 0) is 35.4 Å². The summed E-state index contributed by atoms with van der Waals surface area (Å²) < 4.78 is 0. The molecule has 2 aromatic rings. The van der Waals surface area contributed by atoms with E-state index in [0.29, 0.717) is 0 Å². The monoisotopic (exact) mass is 250 g/mol. The molecule has 0 heterocycles. The van der Waals surface area contributed by atoms with Crippen LogP contribution in [0.3, 0.4) is 0 Å². The third kappa shape index (κ3) is 3.35. The molecule has 0 aliphatic carbocycles. The quantitative estimate of drug-likeness (QED) is 0.629. The molecular formula is C19H22. The molecule has 0 heteroatoms. The molecule has 0 N–H and O–H groups in total. The Kier molecular flexibility index (Phi) is 3.90. The molecule has 2 rings (SSSR count). The second kappa shape index (κ2) is 5.44. The molecule has 0 aliphatic heterocycles. The van der Waals surface area contributed by atoms with Gasteiger partial charge < -0.3 is 0 Å². The van der Waals surface area contributed by atoms with Crippen LogP contribution in [-0.4, -0.2) is 0 Å². The molecule has 2 aromatic carbocycles. The van der Waals surface area contributed by atoms with Gasteiger partial charge in [-0.1, -0.05) is 80.6 Å². The van der Waals surface area contributed by atoms with Crippen molar-refractivity contribution >= 4 is 0 Å². The molecule has 0 bridgehead atoms. The van der Waals surface area contributed by atoms with Crippen LogP contribution in [0.5, 0.6) is 0 Å². The first-order chi connectivity index (χ1) is 8.99. The Morgan fingerprint density at radius 2 is 1.42 bits per heavy atom. The molecular weight excluding hydrogens is 228 g/mol. The molecule has 0 aromatic heterocycles. The highest BCUT2D eigenvalue weighted by atomic mass is 14.2. The first kappa shape index (κ1) is 13.6. The normalized spacial score (nSPS) is 11.3. The highest BCUT2D eigenvalue weighted by Gasteiger charge is 2.18. The molecule has 0 atom stereocenters. The third-order valence-electron chi connectivity index (χ3n) is 3.86. The first-order valence-corrected chi connectivity index (χ1v) is 6.79. The van der Waals surface area contributed by atoms with Crippen molar-refractivity contribution in [3.8, 4) is 11.1 Å². The van der Waals surface area contributed by atoms with Crippen molar-refractivity contribution in [2.24, 2.45) is 5.41 Å². The summed E-state index contributed by atoms with van der Waals surface area (Å²) in [7, 11) is 0. The molecule has 0 nitrogen and oxygen atoms in total. The molecule has 0 saturated carbocycles. The summed E-state index contributed by atoms with van der Waals surface area (Å²) in [6.07, 6.45) is 1.04. The van der Waals surface area contributed by atoms with E-state index in [1.807, 2.05) is 6.07 Å². The van der Waals surface area contributed by atoms with Crippen molar-refractivity contribution in [2.45, 2.75) is 27.2 Å². The van der Waals surface area contributed by atoms with Gasteiger partial charge >= 0.3 is 0 Å². The summed E-state index contributed by atoms with van der Waals surface area (Å²) in [5, 5.41) is 0. The summed E-state index contributed by atoms with van der Waals surface area (Å²) >= 11 is 0. The lowest BCUT2D eigenvalue weighted by atomic mass is 9.80. The summed E-state index contributed by atoms with van der Waals surface area (Å²) in [5.74, 6) is 0. The molecule has 98 valence electrons. The van der Waals surface area contributed by atoms with Crippen LogP contribution in [0, 0.1) is 5.41 Å². The van der Waals surface area contributed by atoms with Gasteiger partial charge in [-0.2, -0.15) is 0 Å². The lowest BCUT2D eigenvalue weighted by Crippen LogP contribution is -2.15. The predicted molar refractivity (Wildman–Crippen MR) is 84.2 cm³/mol. The summed E-state index contributed by atoms with van der Waals surface area (Å²) in [4.78, 5) is 0. The van der Waals surface area contributed by atoms with Crippen LogP contribution in [0.25, 0.3) is 11.1 Å². The molecule has 0 saturated heterocycles. The van der Waals surface area contributed by atoms with Crippen LogP contribution < -0.4 is 0 Å². The Labute approximate surface area is 116 Å². The Hall–Kier alpha value is -1.82. The van der Waals surface area contributed by atoms with Crippen molar-refractivity contribution in [3.63, 3.8) is 0 Å².